The first-order valence-corrected chi connectivity index (χ1v) is 12.5. The van der Waals surface area contributed by atoms with Gasteiger partial charge >= 0.3 is 5.97 Å². The van der Waals surface area contributed by atoms with E-state index in [4.69, 9.17) is 4.74 Å². The predicted molar refractivity (Wildman–Crippen MR) is 151 cm³/mol. The minimum atomic E-state index is -0.499. The predicted octanol–water partition coefficient (Wildman–Crippen LogP) is 6.30. The molecule has 190 valence electrons. The van der Waals surface area contributed by atoms with Crippen molar-refractivity contribution in [3.63, 3.8) is 0 Å². The lowest BCUT2D eigenvalue weighted by Crippen LogP contribution is -2.18. The van der Waals surface area contributed by atoms with Gasteiger partial charge in [0.15, 0.2) is 0 Å². The van der Waals surface area contributed by atoms with Crippen molar-refractivity contribution < 1.29 is 19.1 Å². The molecule has 4 rings (SSSR count). The summed E-state index contributed by atoms with van der Waals surface area (Å²) in [5.41, 5.74) is 6.88. The molecule has 0 fully saturated rings. The van der Waals surface area contributed by atoms with Crippen molar-refractivity contribution in [2.24, 2.45) is 5.10 Å². The van der Waals surface area contributed by atoms with Crippen LogP contribution >= 0.6 is 15.9 Å². The van der Waals surface area contributed by atoms with Crippen molar-refractivity contribution >= 4 is 45.6 Å². The fourth-order valence-corrected chi connectivity index (χ4v) is 3.86. The fraction of sp³-hybridized carbons (Fsp3) is 0.0667. The lowest BCUT2D eigenvalue weighted by atomic mass is 10.1. The molecule has 0 aromatic heterocycles. The van der Waals surface area contributed by atoms with Gasteiger partial charge in [-0.15, -0.1) is 0 Å². The van der Waals surface area contributed by atoms with E-state index in [2.05, 4.69) is 31.8 Å². The van der Waals surface area contributed by atoms with Crippen molar-refractivity contribution in [1.29, 1.82) is 0 Å². The quantitative estimate of drug-likeness (QED) is 0.118. The Morgan fingerprint density at radius 2 is 1.47 bits per heavy atom. The van der Waals surface area contributed by atoms with Crippen LogP contribution in [0.3, 0.4) is 0 Å². The van der Waals surface area contributed by atoms with E-state index in [-0.39, 0.29) is 5.91 Å². The Bertz CT molecular complexity index is 1510. The van der Waals surface area contributed by atoms with Gasteiger partial charge in [-0.25, -0.2) is 10.2 Å². The van der Waals surface area contributed by atoms with E-state index >= 15 is 0 Å². The van der Waals surface area contributed by atoms with Crippen LogP contribution in [0.5, 0.6) is 5.75 Å². The summed E-state index contributed by atoms with van der Waals surface area (Å²) in [7, 11) is 0. The first-order chi connectivity index (χ1) is 18.3. The van der Waals surface area contributed by atoms with Gasteiger partial charge in [0.25, 0.3) is 11.8 Å². The number of amides is 2. The number of rotatable bonds is 7. The molecule has 0 heterocycles. The number of nitrogens with zero attached hydrogens (tertiary/aromatic N) is 1. The van der Waals surface area contributed by atoms with Gasteiger partial charge < -0.3 is 10.1 Å². The molecule has 0 radical (unpaired) electrons. The largest absolute Gasteiger partial charge is 0.422 e. The van der Waals surface area contributed by atoms with Gasteiger partial charge in [0.1, 0.15) is 5.75 Å². The summed E-state index contributed by atoms with van der Waals surface area (Å²) in [6.07, 6.45) is 1.40. The third kappa shape index (κ3) is 7.02. The Balaban J connectivity index is 1.38. The zero-order valence-corrected chi connectivity index (χ0v) is 22.3. The fourth-order valence-electron chi connectivity index (χ4n) is 3.48. The molecule has 4 aromatic carbocycles. The number of nitrogens with one attached hydrogen (secondary N) is 2. The molecule has 0 aliphatic carbocycles. The van der Waals surface area contributed by atoms with Crippen molar-refractivity contribution in [3.05, 3.63) is 129 Å². The molecule has 38 heavy (non-hydrogen) atoms. The second kappa shape index (κ2) is 12.1. The molecular formula is C30H24BrN3O4. The summed E-state index contributed by atoms with van der Waals surface area (Å²) in [5.74, 6) is -0.875. The first-order valence-electron chi connectivity index (χ1n) is 11.7. The van der Waals surface area contributed by atoms with Gasteiger partial charge in [-0.1, -0.05) is 51.3 Å². The number of halogens is 1. The van der Waals surface area contributed by atoms with Gasteiger partial charge in [0.05, 0.1) is 11.8 Å². The Labute approximate surface area is 228 Å². The van der Waals surface area contributed by atoms with Crippen LogP contribution in [-0.2, 0) is 0 Å². The van der Waals surface area contributed by atoms with E-state index in [9.17, 15) is 14.4 Å². The molecule has 7 nitrogen and oxygen atoms in total. The Morgan fingerprint density at radius 1 is 0.763 bits per heavy atom. The number of ether oxygens (including phenoxy) is 1. The maximum Gasteiger partial charge on any atom is 0.343 e. The van der Waals surface area contributed by atoms with Crippen LogP contribution in [0.15, 0.2) is 101 Å². The maximum atomic E-state index is 12.6. The number of hydrogen-bond donors (Lipinski definition) is 2. The smallest absolute Gasteiger partial charge is 0.343 e. The van der Waals surface area contributed by atoms with Crippen LogP contribution in [0.1, 0.15) is 47.8 Å². The zero-order chi connectivity index (χ0) is 27.1. The minimum absolute atomic E-state index is 0.233. The first kappa shape index (κ1) is 26.5. The third-order valence-corrected chi connectivity index (χ3v) is 6.01. The summed E-state index contributed by atoms with van der Waals surface area (Å²) in [4.78, 5) is 37.5. The normalized spacial score (nSPS) is 10.7. The number of esters is 1. The van der Waals surface area contributed by atoms with Crippen molar-refractivity contribution in [2.45, 2.75) is 13.8 Å². The Morgan fingerprint density at radius 3 is 2.18 bits per heavy atom. The van der Waals surface area contributed by atoms with Gasteiger partial charge in [-0.2, -0.15) is 5.10 Å². The van der Waals surface area contributed by atoms with Crippen LogP contribution in [-0.4, -0.2) is 24.0 Å². The second-order valence-electron chi connectivity index (χ2n) is 8.54. The third-order valence-electron chi connectivity index (χ3n) is 5.52. The molecule has 0 unspecified atom stereocenters. The van der Waals surface area contributed by atoms with Crippen LogP contribution in [0, 0.1) is 13.8 Å². The Hall–Kier alpha value is -4.56. The van der Waals surface area contributed by atoms with Crippen LogP contribution < -0.4 is 15.5 Å². The lowest BCUT2D eigenvalue weighted by molar-refractivity contribution is 0.0734. The number of hydrazone groups is 1. The van der Waals surface area contributed by atoms with Gasteiger partial charge in [-0.05, 0) is 80.6 Å². The van der Waals surface area contributed by atoms with Gasteiger partial charge in [-0.3, -0.25) is 9.59 Å². The van der Waals surface area contributed by atoms with Crippen molar-refractivity contribution in [1.82, 2.24) is 5.43 Å². The molecule has 0 saturated carbocycles. The van der Waals surface area contributed by atoms with Crippen LogP contribution in [0.4, 0.5) is 5.69 Å². The molecule has 0 atom stereocenters. The summed E-state index contributed by atoms with van der Waals surface area (Å²) >= 11 is 3.40. The van der Waals surface area contributed by atoms with E-state index in [1.54, 1.807) is 66.7 Å². The molecule has 8 heteroatoms. The van der Waals surface area contributed by atoms with Gasteiger partial charge in [0.2, 0.25) is 0 Å². The number of aryl methyl sites for hydroxylation is 2. The molecule has 0 aliphatic rings. The molecule has 0 saturated heterocycles. The highest BCUT2D eigenvalue weighted by molar-refractivity contribution is 9.10. The Kier molecular flexibility index (Phi) is 8.45. The molecule has 4 aromatic rings. The standard InChI is InChI=1S/C30H24BrN3O4/c1-19-6-8-22(9-7-19)30(37)38-27-15-12-25(31)17-24(27)18-32-34-29(36)21-10-13-26(14-11-21)33-28(35)23-5-3-4-20(2)16-23/h3-18H,1-2H3,(H,33,35)(H,34,36)/b32-18-. The number of anilines is 1. The number of benzene rings is 4. The molecule has 2 amide bonds. The highest BCUT2D eigenvalue weighted by Crippen LogP contribution is 2.23. The molecule has 0 spiro atoms. The lowest BCUT2D eigenvalue weighted by Gasteiger charge is -2.08. The van der Waals surface area contributed by atoms with Crippen LogP contribution in [0.2, 0.25) is 0 Å². The summed E-state index contributed by atoms with van der Waals surface area (Å²) in [6, 6.07) is 25.9. The zero-order valence-electron chi connectivity index (χ0n) is 20.7. The highest BCUT2D eigenvalue weighted by atomic mass is 79.9. The van der Waals surface area contributed by atoms with E-state index in [1.807, 2.05) is 38.1 Å². The molecule has 2 N–H and O–H groups in total. The monoisotopic (exact) mass is 569 g/mol. The van der Waals surface area contributed by atoms with Gasteiger partial charge in [0, 0.05) is 26.9 Å². The number of carbonyl (C=O) groups excluding carboxylic acids is 3. The van der Waals surface area contributed by atoms with Crippen LogP contribution in [0.25, 0.3) is 0 Å². The second-order valence-corrected chi connectivity index (χ2v) is 9.45. The minimum Gasteiger partial charge on any atom is -0.422 e. The molecule has 0 aliphatic heterocycles. The van der Waals surface area contributed by atoms with E-state index in [1.165, 1.54) is 6.21 Å². The summed E-state index contributed by atoms with van der Waals surface area (Å²) in [6.45, 7) is 3.85. The van der Waals surface area contributed by atoms with E-state index in [0.717, 1.165) is 15.6 Å². The number of carbonyl (C=O) groups is 3. The SMILES string of the molecule is Cc1ccc(C(=O)Oc2ccc(Br)cc2/C=N\NC(=O)c2ccc(NC(=O)c3cccc(C)c3)cc2)cc1. The highest BCUT2D eigenvalue weighted by Gasteiger charge is 2.12. The average molecular weight is 570 g/mol. The number of hydrogen-bond acceptors (Lipinski definition) is 5. The maximum absolute atomic E-state index is 12.6. The van der Waals surface area contributed by atoms with Crippen molar-refractivity contribution in [2.75, 3.05) is 5.32 Å². The van der Waals surface area contributed by atoms with E-state index < -0.39 is 11.9 Å². The summed E-state index contributed by atoms with van der Waals surface area (Å²) in [5, 5.41) is 6.84. The van der Waals surface area contributed by atoms with Crippen molar-refractivity contribution in [3.8, 4) is 5.75 Å². The molecule has 0 bridgehead atoms. The summed E-state index contributed by atoms with van der Waals surface area (Å²) < 4.78 is 6.31. The average Bonchev–Trinajstić information content (AvgIpc) is 2.91. The topological polar surface area (TPSA) is 96.9 Å². The molecular weight excluding hydrogens is 546 g/mol. The van der Waals surface area contributed by atoms with E-state index in [0.29, 0.717) is 33.7 Å².